The molecule has 0 aliphatic rings. The number of hydrogen-bond donors (Lipinski definition) is 0. The molecule has 2 aromatic rings. The first-order valence-electron chi connectivity index (χ1n) is 5.25. The Morgan fingerprint density at radius 1 is 1.28 bits per heavy atom. The lowest BCUT2D eigenvalue weighted by molar-refractivity contribution is 0.625. The maximum Gasteiger partial charge on any atom is 0.165 e. The second-order valence-electron chi connectivity index (χ2n) is 3.88. The first-order chi connectivity index (χ1) is 8.63. The van der Waals surface area contributed by atoms with Gasteiger partial charge in [-0.3, -0.25) is 4.68 Å². The number of halogens is 1. The van der Waals surface area contributed by atoms with Gasteiger partial charge in [0.15, 0.2) is 5.69 Å². The van der Waals surface area contributed by atoms with Crippen molar-refractivity contribution >= 4 is 0 Å². The summed E-state index contributed by atoms with van der Waals surface area (Å²) in [6.45, 7) is 0. The van der Waals surface area contributed by atoms with Gasteiger partial charge >= 0.3 is 0 Å². The fraction of sp³-hybridized carbons (Fsp3) is 0.154. The third kappa shape index (κ3) is 2.21. The molecule has 4 nitrogen and oxygen atoms in total. The zero-order valence-electron chi connectivity index (χ0n) is 9.68. The summed E-state index contributed by atoms with van der Waals surface area (Å²) in [5, 5.41) is 21.9. The van der Waals surface area contributed by atoms with E-state index in [1.807, 2.05) is 12.1 Å². The lowest BCUT2D eigenvalue weighted by atomic mass is 10.0. The zero-order chi connectivity index (χ0) is 13.1. The van der Waals surface area contributed by atoms with Crippen LogP contribution in [-0.2, 0) is 13.5 Å². The Balaban J connectivity index is 2.43. The monoisotopic (exact) mass is 240 g/mol. The van der Waals surface area contributed by atoms with Gasteiger partial charge in [0, 0.05) is 25.2 Å². The third-order valence-electron chi connectivity index (χ3n) is 2.58. The SMILES string of the molecule is Cn1cc(Cc2cc(F)ccc2C#N)c(C#N)n1. The second kappa shape index (κ2) is 4.68. The van der Waals surface area contributed by atoms with Crippen molar-refractivity contribution in [3.63, 3.8) is 0 Å². The first kappa shape index (κ1) is 11.8. The average molecular weight is 240 g/mol. The second-order valence-corrected chi connectivity index (χ2v) is 3.88. The molecule has 18 heavy (non-hydrogen) atoms. The minimum absolute atomic E-state index is 0.297. The Kier molecular flexibility index (Phi) is 3.07. The Morgan fingerprint density at radius 3 is 2.72 bits per heavy atom. The number of nitrogens with zero attached hydrogens (tertiary/aromatic N) is 4. The Hall–Kier alpha value is -2.66. The molecule has 0 spiro atoms. The van der Waals surface area contributed by atoms with Gasteiger partial charge < -0.3 is 0 Å². The normalized spacial score (nSPS) is 9.78. The molecule has 1 heterocycles. The Bertz CT molecular complexity index is 673. The van der Waals surface area contributed by atoms with E-state index in [0.29, 0.717) is 28.8 Å². The standard InChI is InChI=1S/C13H9FN4/c1-18-8-11(13(7-16)17-18)4-10-5-12(14)3-2-9(10)6-15/h2-3,5,8H,4H2,1H3. The van der Waals surface area contributed by atoms with Crippen molar-refractivity contribution in [2.45, 2.75) is 6.42 Å². The molecule has 88 valence electrons. The van der Waals surface area contributed by atoms with E-state index in [-0.39, 0.29) is 0 Å². The number of rotatable bonds is 2. The van der Waals surface area contributed by atoms with Crippen molar-refractivity contribution in [2.24, 2.45) is 7.05 Å². The highest BCUT2D eigenvalue weighted by molar-refractivity contribution is 5.42. The van der Waals surface area contributed by atoms with Crippen molar-refractivity contribution in [1.82, 2.24) is 9.78 Å². The van der Waals surface area contributed by atoms with Crippen LogP contribution in [0.1, 0.15) is 22.4 Å². The molecule has 0 unspecified atom stereocenters. The molecule has 0 fully saturated rings. The quantitative estimate of drug-likeness (QED) is 0.805. The topological polar surface area (TPSA) is 65.4 Å². The molecule has 5 heteroatoms. The van der Waals surface area contributed by atoms with Crippen molar-refractivity contribution in [3.05, 3.63) is 52.6 Å². The molecular formula is C13H9FN4. The van der Waals surface area contributed by atoms with E-state index in [0.717, 1.165) is 0 Å². The molecule has 0 saturated carbocycles. The van der Waals surface area contributed by atoms with Crippen LogP contribution in [0.15, 0.2) is 24.4 Å². The molecule has 0 atom stereocenters. The van der Waals surface area contributed by atoms with E-state index in [2.05, 4.69) is 5.10 Å². The molecule has 0 saturated heterocycles. The van der Waals surface area contributed by atoms with Crippen LogP contribution in [0.4, 0.5) is 4.39 Å². The van der Waals surface area contributed by atoms with Crippen LogP contribution in [0.5, 0.6) is 0 Å². The highest BCUT2D eigenvalue weighted by atomic mass is 19.1. The number of aromatic nitrogens is 2. The van der Waals surface area contributed by atoms with Crippen LogP contribution >= 0.6 is 0 Å². The third-order valence-corrected chi connectivity index (χ3v) is 2.58. The van der Waals surface area contributed by atoms with E-state index >= 15 is 0 Å². The van der Waals surface area contributed by atoms with Gasteiger partial charge in [-0.15, -0.1) is 0 Å². The van der Waals surface area contributed by atoms with Crippen molar-refractivity contribution in [3.8, 4) is 12.1 Å². The van der Waals surface area contributed by atoms with Gasteiger partial charge in [0.1, 0.15) is 11.9 Å². The molecule has 0 amide bonds. The van der Waals surface area contributed by atoms with Gasteiger partial charge in [-0.05, 0) is 23.8 Å². The summed E-state index contributed by atoms with van der Waals surface area (Å²) in [4.78, 5) is 0. The molecule has 0 radical (unpaired) electrons. The summed E-state index contributed by atoms with van der Waals surface area (Å²) in [7, 11) is 1.71. The summed E-state index contributed by atoms with van der Waals surface area (Å²) < 4.78 is 14.7. The smallest absolute Gasteiger partial charge is 0.165 e. The summed E-state index contributed by atoms with van der Waals surface area (Å²) >= 11 is 0. The Morgan fingerprint density at radius 2 is 2.06 bits per heavy atom. The van der Waals surface area contributed by atoms with Crippen LogP contribution in [0.3, 0.4) is 0 Å². The zero-order valence-corrected chi connectivity index (χ0v) is 9.68. The lowest BCUT2D eigenvalue weighted by Crippen LogP contribution is -1.94. The molecule has 2 rings (SSSR count). The molecule has 0 aliphatic carbocycles. The van der Waals surface area contributed by atoms with E-state index < -0.39 is 5.82 Å². The lowest BCUT2D eigenvalue weighted by Gasteiger charge is -2.02. The van der Waals surface area contributed by atoms with E-state index in [1.54, 1.807) is 13.2 Å². The fourth-order valence-corrected chi connectivity index (χ4v) is 1.78. The van der Waals surface area contributed by atoms with Crippen LogP contribution in [-0.4, -0.2) is 9.78 Å². The molecular weight excluding hydrogens is 231 g/mol. The first-order valence-corrected chi connectivity index (χ1v) is 5.25. The summed E-state index contributed by atoms with van der Waals surface area (Å²) in [5.41, 5.74) is 1.94. The van der Waals surface area contributed by atoms with Crippen molar-refractivity contribution in [2.75, 3.05) is 0 Å². The van der Waals surface area contributed by atoms with Crippen LogP contribution in [0, 0.1) is 28.5 Å². The van der Waals surface area contributed by atoms with Crippen molar-refractivity contribution < 1.29 is 4.39 Å². The van der Waals surface area contributed by atoms with Crippen LogP contribution in [0.25, 0.3) is 0 Å². The molecule has 1 aromatic heterocycles. The van der Waals surface area contributed by atoms with Crippen molar-refractivity contribution in [1.29, 1.82) is 10.5 Å². The maximum atomic E-state index is 13.2. The molecule has 0 N–H and O–H groups in total. The minimum atomic E-state index is -0.397. The van der Waals surface area contributed by atoms with Crippen LogP contribution in [0.2, 0.25) is 0 Å². The van der Waals surface area contributed by atoms with E-state index in [1.165, 1.54) is 22.9 Å². The number of nitriles is 2. The Labute approximate surface area is 104 Å². The number of aryl methyl sites for hydroxylation is 1. The van der Waals surface area contributed by atoms with E-state index in [9.17, 15) is 4.39 Å². The van der Waals surface area contributed by atoms with Gasteiger partial charge in [-0.25, -0.2) is 4.39 Å². The highest BCUT2D eigenvalue weighted by Gasteiger charge is 2.11. The highest BCUT2D eigenvalue weighted by Crippen LogP contribution is 2.17. The maximum absolute atomic E-state index is 13.2. The predicted molar refractivity (Wildman–Crippen MR) is 61.8 cm³/mol. The number of hydrogen-bond acceptors (Lipinski definition) is 3. The predicted octanol–water partition coefficient (Wildman–Crippen LogP) is 1.89. The summed E-state index contributed by atoms with van der Waals surface area (Å²) in [6.07, 6.45) is 2.02. The minimum Gasteiger partial charge on any atom is -0.274 e. The van der Waals surface area contributed by atoms with Gasteiger partial charge in [-0.2, -0.15) is 15.6 Å². The average Bonchev–Trinajstić information content (AvgIpc) is 2.70. The van der Waals surface area contributed by atoms with E-state index in [4.69, 9.17) is 10.5 Å². The van der Waals surface area contributed by atoms with Gasteiger partial charge in [-0.1, -0.05) is 0 Å². The largest absolute Gasteiger partial charge is 0.274 e. The fourth-order valence-electron chi connectivity index (χ4n) is 1.78. The molecule has 0 bridgehead atoms. The van der Waals surface area contributed by atoms with Gasteiger partial charge in [0.25, 0.3) is 0 Å². The van der Waals surface area contributed by atoms with Gasteiger partial charge in [0.2, 0.25) is 0 Å². The number of benzene rings is 1. The molecule has 0 aliphatic heterocycles. The summed E-state index contributed by atoms with van der Waals surface area (Å²) in [5.74, 6) is -0.397. The molecule has 1 aromatic carbocycles. The van der Waals surface area contributed by atoms with Gasteiger partial charge in [0.05, 0.1) is 11.6 Å². The van der Waals surface area contributed by atoms with Crippen LogP contribution < -0.4 is 0 Å². The summed E-state index contributed by atoms with van der Waals surface area (Å²) in [6, 6.07) is 7.99.